The normalized spacial score (nSPS) is 16.1. The van der Waals surface area contributed by atoms with Crippen LogP contribution in [0.5, 0.6) is 0 Å². The van der Waals surface area contributed by atoms with Crippen molar-refractivity contribution in [1.29, 1.82) is 0 Å². The first-order chi connectivity index (χ1) is 10.3. The zero-order valence-corrected chi connectivity index (χ0v) is 11.7. The van der Waals surface area contributed by atoms with Crippen LogP contribution in [0.2, 0.25) is 0 Å². The van der Waals surface area contributed by atoms with E-state index in [0.717, 1.165) is 14.0 Å². The number of hydrogen-bond acceptors (Lipinski definition) is 5. The lowest BCUT2D eigenvalue weighted by atomic mass is 10.1. The maximum Gasteiger partial charge on any atom is 0.331 e. The fourth-order valence-electron chi connectivity index (χ4n) is 2.56. The summed E-state index contributed by atoms with van der Waals surface area (Å²) >= 11 is 0. The molecule has 0 aromatic heterocycles. The molecule has 1 unspecified atom stereocenters. The Morgan fingerprint density at radius 2 is 1.82 bits per heavy atom. The molecule has 0 spiro atoms. The van der Waals surface area contributed by atoms with Crippen molar-refractivity contribution in [2.24, 2.45) is 5.92 Å². The molecule has 0 saturated heterocycles. The van der Waals surface area contributed by atoms with Crippen molar-refractivity contribution in [3.63, 3.8) is 0 Å². The molecular weight excluding hydrogens is 302 g/mol. The van der Waals surface area contributed by atoms with Gasteiger partial charge in [0.1, 0.15) is 0 Å². The molecule has 118 valence electrons. The lowest BCUT2D eigenvalue weighted by Crippen LogP contribution is -2.16. The van der Waals surface area contributed by atoms with Crippen LogP contribution in [-0.2, 0) is 27.2 Å². The number of fused-ring (bicyclic) bond motifs is 1. The number of carbonyl (C=O) groups excluding carboxylic acids is 2. The number of nitro groups is 1. The molecule has 0 radical (unpaired) electrons. The summed E-state index contributed by atoms with van der Waals surface area (Å²) in [5.41, 5.74) is -2.34. The third kappa shape index (κ3) is 2.49. The van der Waals surface area contributed by atoms with Crippen LogP contribution in [0.15, 0.2) is 0 Å². The van der Waals surface area contributed by atoms with E-state index < -0.39 is 45.7 Å². The van der Waals surface area contributed by atoms with Gasteiger partial charge in [-0.25, -0.2) is 4.39 Å². The standard InChI is InChI=1S/C13H12F2N2O5/c1-5(18)16-11-9(14)7-3-6(13(19)22-2)4-8(7)10(15)12(11)17(20)21/h6H,3-4H2,1-2H3,(H,16,18). The maximum absolute atomic E-state index is 14.4. The highest BCUT2D eigenvalue weighted by molar-refractivity contribution is 5.92. The van der Waals surface area contributed by atoms with Crippen LogP contribution in [0, 0.1) is 27.7 Å². The van der Waals surface area contributed by atoms with Crippen LogP contribution < -0.4 is 5.32 Å². The van der Waals surface area contributed by atoms with Gasteiger partial charge >= 0.3 is 11.7 Å². The number of ether oxygens (including phenoxy) is 1. The highest BCUT2D eigenvalue weighted by Crippen LogP contribution is 2.41. The van der Waals surface area contributed by atoms with Crippen LogP contribution in [0.1, 0.15) is 18.1 Å². The van der Waals surface area contributed by atoms with Gasteiger partial charge in [0.15, 0.2) is 11.5 Å². The number of rotatable bonds is 3. The first-order valence-corrected chi connectivity index (χ1v) is 6.30. The van der Waals surface area contributed by atoms with Gasteiger partial charge in [-0.2, -0.15) is 4.39 Å². The molecule has 1 N–H and O–H groups in total. The van der Waals surface area contributed by atoms with Crippen molar-refractivity contribution in [2.45, 2.75) is 19.8 Å². The lowest BCUT2D eigenvalue weighted by Gasteiger charge is -2.10. The highest BCUT2D eigenvalue weighted by atomic mass is 19.1. The number of carbonyl (C=O) groups is 2. The molecule has 7 nitrogen and oxygen atoms in total. The molecule has 9 heteroatoms. The molecule has 1 aliphatic carbocycles. The Morgan fingerprint density at radius 3 is 2.27 bits per heavy atom. The summed E-state index contributed by atoms with van der Waals surface area (Å²) in [7, 11) is 1.14. The lowest BCUT2D eigenvalue weighted by molar-refractivity contribution is -0.386. The average Bonchev–Trinajstić information content (AvgIpc) is 2.88. The Morgan fingerprint density at radius 1 is 1.27 bits per heavy atom. The predicted octanol–water partition coefficient (Wildman–Crippen LogP) is 1.72. The third-order valence-corrected chi connectivity index (χ3v) is 3.48. The van der Waals surface area contributed by atoms with Crippen molar-refractivity contribution in [2.75, 3.05) is 12.4 Å². The van der Waals surface area contributed by atoms with Crippen LogP contribution in [0.3, 0.4) is 0 Å². The molecule has 1 amide bonds. The maximum atomic E-state index is 14.4. The molecular formula is C13H12F2N2O5. The summed E-state index contributed by atoms with van der Waals surface area (Å²) in [6.07, 6.45) is -0.332. The zero-order chi connectivity index (χ0) is 16.6. The fraction of sp³-hybridized carbons (Fsp3) is 0.385. The van der Waals surface area contributed by atoms with E-state index in [4.69, 9.17) is 0 Å². The summed E-state index contributed by atoms with van der Waals surface area (Å²) < 4.78 is 33.3. The number of nitro benzene ring substituents is 1. The minimum absolute atomic E-state index is 0.144. The highest BCUT2D eigenvalue weighted by Gasteiger charge is 2.39. The van der Waals surface area contributed by atoms with E-state index in [2.05, 4.69) is 4.74 Å². The quantitative estimate of drug-likeness (QED) is 0.520. The fourth-order valence-corrected chi connectivity index (χ4v) is 2.56. The van der Waals surface area contributed by atoms with Crippen molar-refractivity contribution in [3.05, 3.63) is 32.9 Å². The first kappa shape index (κ1) is 15.8. The van der Waals surface area contributed by atoms with E-state index in [1.807, 2.05) is 5.32 Å². The number of esters is 1. The second-order valence-corrected chi connectivity index (χ2v) is 4.88. The summed E-state index contributed by atoms with van der Waals surface area (Å²) in [4.78, 5) is 32.5. The zero-order valence-electron chi connectivity index (χ0n) is 11.7. The number of nitrogens with one attached hydrogen (secondary N) is 1. The van der Waals surface area contributed by atoms with Gasteiger partial charge in [-0.1, -0.05) is 0 Å². The third-order valence-electron chi connectivity index (χ3n) is 3.48. The van der Waals surface area contributed by atoms with Crippen LogP contribution in [-0.4, -0.2) is 23.9 Å². The molecule has 0 fully saturated rings. The number of nitrogens with zero attached hydrogens (tertiary/aromatic N) is 1. The topological polar surface area (TPSA) is 98.5 Å². The molecule has 0 aliphatic heterocycles. The minimum atomic E-state index is -1.24. The van der Waals surface area contributed by atoms with Gasteiger partial charge in [0.05, 0.1) is 18.0 Å². The van der Waals surface area contributed by atoms with Crippen LogP contribution in [0.25, 0.3) is 0 Å². The summed E-state index contributed by atoms with van der Waals surface area (Å²) in [6.45, 7) is 1.02. The van der Waals surface area contributed by atoms with Gasteiger partial charge < -0.3 is 10.1 Å². The first-order valence-electron chi connectivity index (χ1n) is 6.30. The Balaban J connectivity index is 2.62. The Bertz CT molecular complexity index is 690. The van der Waals surface area contributed by atoms with Gasteiger partial charge in [0.25, 0.3) is 0 Å². The van der Waals surface area contributed by atoms with Gasteiger partial charge in [-0.05, 0) is 18.4 Å². The predicted molar refractivity (Wildman–Crippen MR) is 70.2 cm³/mol. The van der Waals surface area contributed by atoms with Crippen molar-refractivity contribution < 1.29 is 28.0 Å². The van der Waals surface area contributed by atoms with Gasteiger partial charge in [0, 0.05) is 12.5 Å². The van der Waals surface area contributed by atoms with Gasteiger partial charge in [0.2, 0.25) is 11.7 Å². The monoisotopic (exact) mass is 314 g/mol. The number of benzene rings is 1. The largest absolute Gasteiger partial charge is 0.469 e. The molecule has 1 aromatic carbocycles. The number of hydrogen-bond donors (Lipinski definition) is 1. The van der Waals surface area contributed by atoms with Crippen molar-refractivity contribution >= 4 is 23.3 Å². The van der Waals surface area contributed by atoms with E-state index in [0.29, 0.717) is 0 Å². The Labute approximate surface area is 123 Å². The van der Waals surface area contributed by atoms with Gasteiger partial charge in [-0.15, -0.1) is 0 Å². The second-order valence-electron chi connectivity index (χ2n) is 4.88. The Hall–Kier alpha value is -2.58. The molecule has 1 aliphatic rings. The van der Waals surface area contributed by atoms with Crippen molar-refractivity contribution in [1.82, 2.24) is 0 Å². The average molecular weight is 314 g/mol. The van der Waals surface area contributed by atoms with E-state index in [-0.39, 0.29) is 24.0 Å². The number of methoxy groups -OCH3 is 1. The van der Waals surface area contributed by atoms with E-state index in [9.17, 15) is 28.5 Å². The Kier molecular flexibility index (Phi) is 4.07. The number of amides is 1. The SMILES string of the molecule is COC(=O)C1Cc2c(F)c(NC(C)=O)c([N+](=O)[O-])c(F)c2C1. The molecule has 0 saturated carbocycles. The van der Waals surface area contributed by atoms with Crippen LogP contribution >= 0.6 is 0 Å². The molecule has 1 aromatic rings. The van der Waals surface area contributed by atoms with E-state index in [1.54, 1.807) is 0 Å². The molecule has 22 heavy (non-hydrogen) atoms. The smallest absolute Gasteiger partial charge is 0.331 e. The molecule has 1 atom stereocenters. The van der Waals surface area contributed by atoms with E-state index in [1.165, 1.54) is 0 Å². The van der Waals surface area contributed by atoms with Crippen molar-refractivity contribution in [3.8, 4) is 0 Å². The molecule has 0 bridgehead atoms. The minimum Gasteiger partial charge on any atom is -0.469 e. The second kappa shape index (κ2) is 5.66. The number of anilines is 1. The number of halogens is 2. The molecule has 0 heterocycles. The summed E-state index contributed by atoms with van der Waals surface area (Å²) in [6, 6.07) is 0. The van der Waals surface area contributed by atoms with Gasteiger partial charge in [-0.3, -0.25) is 19.7 Å². The molecule has 2 rings (SSSR count). The van der Waals surface area contributed by atoms with E-state index >= 15 is 0 Å². The summed E-state index contributed by atoms with van der Waals surface area (Å²) in [5, 5.41) is 12.9. The van der Waals surface area contributed by atoms with Crippen LogP contribution in [0.4, 0.5) is 20.2 Å². The summed E-state index contributed by atoms with van der Waals surface area (Å²) in [5.74, 6) is -4.57.